The summed E-state index contributed by atoms with van der Waals surface area (Å²) in [6, 6.07) is 13.8. The van der Waals surface area contributed by atoms with Gasteiger partial charge in [-0.1, -0.05) is 42.5 Å². The highest BCUT2D eigenvalue weighted by Crippen LogP contribution is 2.46. The van der Waals surface area contributed by atoms with E-state index < -0.39 is 11.7 Å². The standard InChI is InChI=1S/C17H13F3O/c1-21-12-8-6-11(7-9-12)15-10-16(17(18,19)20)14-5-3-2-4-13(14)15/h2-10,15H,1H3. The fourth-order valence-corrected chi connectivity index (χ4v) is 2.69. The van der Waals surface area contributed by atoms with E-state index in [1.54, 1.807) is 49.6 Å². The van der Waals surface area contributed by atoms with Crippen LogP contribution < -0.4 is 4.74 Å². The molecule has 0 saturated heterocycles. The van der Waals surface area contributed by atoms with Crippen molar-refractivity contribution < 1.29 is 17.9 Å². The number of benzene rings is 2. The molecule has 108 valence electrons. The van der Waals surface area contributed by atoms with Crippen molar-refractivity contribution in [2.24, 2.45) is 0 Å². The first-order valence-corrected chi connectivity index (χ1v) is 6.53. The molecule has 2 aromatic rings. The molecule has 1 aliphatic carbocycles. The molecule has 1 nitrogen and oxygen atoms in total. The molecule has 0 aromatic heterocycles. The van der Waals surface area contributed by atoms with Gasteiger partial charge in [-0.15, -0.1) is 0 Å². The Bertz CT molecular complexity index is 684. The van der Waals surface area contributed by atoms with Gasteiger partial charge in [0, 0.05) is 5.92 Å². The Morgan fingerprint density at radius 1 is 0.952 bits per heavy atom. The van der Waals surface area contributed by atoms with Crippen LogP contribution in [0.1, 0.15) is 22.6 Å². The minimum atomic E-state index is -4.34. The van der Waals surface area contributed by atoms with Crippen LogP contribution in [0.5, 0.6) is 5.75 Å². The molecule has 0 amide bonds. The first-order valence-electron chi connectivity index (χ1n) is 6.53. The lowest BCUT2D eigenvalue weighted by atomic mass is 9.93. The lowest BCUT2D eigenvalue weighted by Crippen LogP contribution is -2.09. The zero-order valence-corrected chi connectivity index (χ0v) is 11.3. The highest BCUT2D eigenvalue weighted by atomic mass is 19.4. The van der Waals surface area contributed by atoms with Gasteiger partial charge < -0.3 is 4.74 Å². The van der Waals surface area contributed by atoms with Gasteiger partial charge in [0.1, 0.15) is 5.75 Å². The van der Waals surface area contributed by atoms with Crippen molar-refractivity contribution in [1.82, 2.24) is 0 Å². The van der Waals surface area contributed by atoms with Crippen LogP contribution in [-0.2, 0) is 0 Å². The second-order valence-corrected chi connectivity index (χ2v) is 4.92. The second kappa shape index (κ2) is 4.95. The van der Waals surface area contributed by atoms with Crippen LogP contribution in [0, 0.1) is 0 Å². The van der Waals surface area contributed by atoms with E-state index >= 15 is 0 Å². The molecule has 0 radical (unpaired) electrons. The van der Waals surface area contributed by atoms with E-state index in [-0.39, 0.29) is 11.5 Å². The molecule has 1 atom stereocenters. The van der Waals surface area contributed by atoms with E-state index in [1.165, 1.54) is 12.1 Å². The Morgan fingerprint density at radius 3 is 2.24 bits per heavy atom. The number of ether oxygens (including phenoxy) is 1. The molecule has 0 spiro atoms. The summed E-state index contributed by atoms with van der Waals surface area (Å²) in [4.78, 5) is 0. The number of rotatable bonds is 2. The molecule has 0 heterocycles. The van der Waals surface area contributed by atoms with Gasteiger partial charge in [-0.3, -0.25) is 0 Å². The van der Waals surface area contributed by atoms with E-state index in [1.807, 2.05) is 0 Å². The van der Waals surface area contributed by atoms with Crippen LogP contribution in [0.3, 0.4) is 0 Å². The molecule has 0 aliphatic heterocycles. The van der Waals surface area contributed by atoms with Gasteiger partial charge in [-0.05, 0) is 28.8 Å². The van der Waals surface area contributed by atoms with Crippen LogP contribution in [0.25, 0.3) is 5.57 Å². The van der Waals surface area contributed by atoms with Gasteiger partial charge in [-0.25, -0.2) is 0 Å². The summed E-state index contributed by atoms with van der Waals surface area (Å²) < 4.78 is 44.6. The van der Waals surface area contributed by atoms with Gasteiger partial charge in [0.15, 0.2) is 0 Å². The number of hydrogen-bond acceptors (Lipinski definition) is 1. The molecule has 1 aliphatic rings. The summed E-state index contributed by atoms with van der Waals surface area (Å²) in [5.41, 5.74) is 1.22. The van der Waals surface area contributed by atoms with Gasteiger partial charge >= 0.3 is 6.18 Å². The van der Waals surface area contributed by atoms with Gasteiger partial charge in [0.05, 0.1) is 12.7 Å². The Kier molecular flexibility index (Phi) is 3.24. The third-order valence-corrected chi connectivity index (χ3v) is 3.70. The molecule has 0 N–H and O–H groups in total. The summed E-state index contributed by atoms with van der Waals surface area (Å²) in [6.45, 7) is 0. The van der Waals surface area contributed by atoms with E-state index in [0.717, 1.165) is 5.56 Å². The third kappa shape index (κ3) is 2.42. The smallest absolute Gasteiger partial charge is 0.416 e. The molecule has 0 saturated carbocycles. The zero-order valence-electron chi connectivity index (χ0n) is 11.3. The highest BCUT2D eigenvalue weighted by molar-refractivity contribution is 5.79. The maximum atomic E-state index is 13.2. The van der Waals surface area contributed by atoms with Crippen molar-refractivity contribution in [1.29, 1.82) is 0 Å². The number of hydrogen-bond donors (Lipinski definition) is 0. The lowest BCUT2D eigenvalue weighted by molar-refractivity contribution is -0.0688. The minimum Gasteiger partial charge on any atom is -0.497 e. The van der Waals surface area contributed by atoms with Crippen molar-refractivity contribution in [3.8, 4) is 5.75 Å². The monoisotopic (exact) mass is 290 g/mol. The zero-order chi connectivity index (χ0) is 15.0. The van der Waals surface area contributed by atoms with Crippen molar-refractivity contribution in [2.75, 3.05) is 7.11 Å². The van der Waals surface area contributed by atoms with Crippen molar-refractivity contribution in [3.63, 3.8) is 0 Å². The number of halogens is 3. The molecule has 1 unspecified atom stereocenters. The largest absolute Gasteiger partial charge is 0.497 e. The molecule has 0 bridgehead atoms. The Balaban J connectivity index is 2.08. The topological polar surface area (TPSA) is 9.23 Å². The summed E-state index contributed by atoms with van der Waals surface area (Å²) in [6.07, 6.45) is -3.04. The quantitative estimate of drug-likeness (QED) is 0.773. The minimum absolute atomic E-state index is 0.269. The molecule has 21 heavy (non-hydrogen) atoms. The van der Waals surface area contributed by atoms with Crippen molar-refractivity contribution in [2.45, 2.75) is 12.1 Å². The van der Waals surface area contributed by atoms with Crippen LogP contribution >= 0.6 is 0 Å². The van der Waals surface area contributed by atoms with Crippen molar-refractivity contribution in [3.05, 3.63) is 71.3 Å². The Morgan fingerprint density at radius 2 is 1.62 bits per heavy atom. The third-order valence-electron chi connectivity index (χ3n) is 3.70. The average molecular weight is 290 g/mol. The predicted molar refractivity (Wildman–Crippen MR) is 75.3 cm³/mol. The first-order chi connectivity index (χ1) is 10.0. The van der Waals surface area contributed by atoms with Crippen LogP contribution in [0.2, 0.25) is 0 Å². The fourth-order valence-electron chi connectivity index (χ4n) is 2.69. The SMILES string of the molecule is COc1ccc(C2C=C(C(F)(F)F)c3ccccc32)cc1. The van der Waals surface area contributed by atoms with E-state index in [0.29, 0.717) is 11.3 Å². The molecule has 0 fully saturated rings. The number of allylic oxidation sites excluding steroid dienone is 2. The fraction of sp³-hybridized carbons (Fsp3) is 0.176. The van der Waals surface area contributed by atoms with Crippen LogP contribution in [-0.4, -0.2) is 13.3 Å². The molecule has 3 rings (SSSR count). The maximum Gasteiger partial charge on any atom is 0.416 e. The molecular weight excluding hydrogens is 277 g/mol. The highest BCUT2D eigenvalue weighted by Gasteiger charge is 2.40. The molecule has 4 heteroatoms. The lowest BCUT2D eigenvalue weighted by Gasteiger charge is -2.12. The van der Waals surface area contributed by atoms with Crippen molar-refractivity contribution >= 4 is 5.57 Å². The summed E-state index contributed by atoms with van der Waals surface area (Å²) in [5.74, 6) is 0.314. The maximum absolute atomic E-state index is 13.2. The predicted octanol–water partition coefficient (Wildman–Crippen LogP) is 4.79. The van der Waals surface area contributed by atoms with Crippen LogP contribution in [0.15, 0.2) is 54.6 Å². The Hall–Kier alpha value is -2.23. The second-order valence-electron chi connectivity index (χ2n) is 4.92. The summed E-state index contributed by atoms with van der Waals surface area (Å²) in [5, 5.41) is 0. The van der Waals surface area contributed by atoms with E-state index in [9.17, 15) is 13.2 Å². The van der Waals surface area contributed by atoms with Gasteiger partial charge in [0.25, 0.3) is 0 Å². The Labute approximate surface area is 120 Å². The summed E-state index contributed by atoms with van der Waals surface area (Å²) >= 11 is 0. The molecular formula is C17H13F3O. The number of fused-ring (bicyclic) bond motifs is 1. The van der Waals surface area contributed by atoms with E-state index in [2.05, 4.69) is 0 Å². The summed E-state index contributed by atoms with van der Waals surface area (Å²) in [7, 11) is 1.56. The normalized spacial score (nSPS) is 17.3. The van der Waals surface area contributed by atoms with E-state index in [4.69, 9.17) is 4.74 Å². The van der Waals surface area contributed by atoms with Gasteiger partial charge in [-0.2, -0.15) is 13.2 Å². The van der Waals surface area contributed by atoms with Gasteiger partial charge in [0.2, 0.25) is 0 Å². The van der Waals surface area contributed by atoms with Crippen LogP contribution in [0.4, 0.5) is 13.2 Å². The average Bonchev–Trinajstić information content (AvgIpc) is 2.87. The molecule has 2 aromatic carbocycles. The number of alkyl halides is 3. The number of methoxy groups -OCH3 is 1. The first kappa shape index (κ1) is 13.7.